The van der Waals surface area contributed by atoms with E-state index in [-0.39, 0.29) is 35.0 Å². The highest BCUT2D eigenvalue weighted by Gasteiger charge is 2.31. The highest BCUT2D eigenvalue weighted by atomic mass is 19.1. The molecule has 3 aromatic heterocycles. The molecule has 1 fully saturated rings. The first-order chi connectivity index (χ1) is 17.5. The molecule has 2 N–H and O–H groups in total. The summed E-state index contributed by atoms with van der Waals surface area (Å²) in [4.78, 5) is 27.0. The van der Waals surface area contributed by atoms with Gasteiger partial charge in [-0.15, -0.1) is 0 Å². The zero-order valence-electron chi connectivity index (χ0n) is 19.7. The van der Waals surface area contributed by atoms with Gasteiger partial charge in [-0.05, 0) is 43.5 Å². The number of benzene rings is 1. The third-order valence-corrected chi connectivity index (χ3v) is 6.05. The van der Waals surface area contributed by atoms with E-state index in [4.69, 9.17) is 20.2 Å². The minimum atomic E-state index is -0.543. The molecule has 1 aliphatic rings. The average molecular weight is 487 g/mol. The van der Waals surface area contributed by atoms with E-state index in [1.165, 1.54) is 13.2 Å². The van der Waals surface area contributed by atoms with Crippen molar-refractivity contribution in [1.29, 1.82) is 0 Å². The molecule has 10 heteroatoms. The molecule has 0 saturated carbocycles. The van der Waals surface area contributed by atoms with Gasteiger partial charge in [0.1, 0.15) is 17.3 Å². The second-order valence-corrected chi connectivity index (χ2v) is 8.23. The lowest BCUT2D eigenvalue weighted by atomic mass is 10.0. The summed E-state index contributed by atoms with van der Waals surface area (Å²) < 4.78 is 27.9. The van der Waals surface area contributed by atoms with E-state index >= 15 is 4.39 Å². The number of anilines is 1. The number of pyridine rings is 1. The number of rotatable bonds is 5. The molecule has 1 atom stereocenters. The number of imidazole rings is 1. The lowest BCUT2D eigenvalue weighted by molar-refractivity contribution is -0.124. The lowest BCUT2D eigenvalue weighted by Crippen LogP contribution is -2.26. The number of nitrogens with two attached hydrogens (primary N) is 1. The van der Waals surface area contributed by atoms with Crippen molar-refractivity contribution in [2.45, 2.75) is 19.3 Å². The second kappa shape index (κ2) is 9.54. The number of amides is 1. The Hall–Kier alpha value is -4.65. The topological polar surface area (TPSA) is 108 Å². The minimum absolute atomic E-state index is 0.0389. The number of nitrogens with zero attached hydrogens (tertiary/aromatic N) is 5. The summed E-state index contributed by atoms with van der Waals surface area (Å²) in [6.07, 6.45) is 3.85. The molecule has 4 aromatic rings. The van der Waals surface area contributed by atoms with Gasteiger partial charge >= 0.3 is 0 Å². The van der Waals surface area contributed by atoms with Gasteiger partial charge in [-0.1, -0.05) is 5.92 Å². The van der Waals surface area contributed by atoms with Crippen molar-refractivity contribution in [2.24, 2.45) is 0 Å². The number of halogens is 1. The molecule has 1 aliphatic heterocycles. The average Bonchev–Trinajstić information content (AvgIpc) is 3.51. The maximum Gasteiger partial charge on any atom is 0.298 e. The van der Waals surface area contributed by atoms with Crippen LogP contribution < -0.4 is 15.2 Å². The third-order valence-electron chi connectivity index (χ3n) is 6.05. The molecule has 1 amide bonds. The Morgan fingerprint density at radius 1 is 1.17 bits per heavy atom. The van der Waals surface area contributed by atoms with Crippen LogP contribution in [0.5, 0.6) is 17.4 Å². The van der Waals surface area contributed by atoms with Gasteiger partial charge < -0.3 is 20.1 Å². The Bertz CT molecular complexity index is 1520. The van der Waals surface area contributed by atoms with Gasteiger partial charge in [0, 0.05) is 43.5 Å². The second-order valence-electron chi connectivity index (χ2n) is 8.23. The summed E-state index contributed by atoms with van der Waals surface area (Å²) >= 11 is 0. The Labute approximate surface area is 206 Å². The number of hydrogen-bond donors (Lipinski definition) is 1. The van der Waals surface area contributed by atoms with Crippen LogP contribution in [0.3, 0.4) is 0 Å². The van der Waals surface area contributed by atoms with Crippen LogP contribution in [0.4, 0.5) is 10.3 Å². The summed E-state index contributed by atoms with van der Waals surface area (Å²) in [7, 11) is 1.54. The van der Waals surface area contributed by atoms with Crippen LogP contribution in [-0.2, 0) is 4.79 Å². The fourth-order valence-electron chi connectivity index (χ4n) is 4.35. The predicted octanol–water partition coefficient (Wildman–Crippen LogP) is 3.65. The summed E-state index contributed by atoms with van der Waals surface area (Å²) in [5.74, 6) is 6.06. The van der Waals surface area contributed by atoms with Crippen molar-refractivity contribution >= 4 is 17.4 Å². The van der Waals surface area contributed by atoms with Gasteiger partial charge in [-0.25, -0.2) is 19.3 Å². The molecule has 9 nitrogen and oxygen atoms in total. The van der Waals surface area contributed by atoms with E-state index in [1.807, 2.05) is 0 Å². The molecule has 5 rings (SSSR count). The number of methoxy groups -OCH3 is 1. The highest BCUT2D eigenvalue weighted by molar-refractivity contribution is 5.93. The van der Waals surface area contributed by atoms with Crippen LogP contribution in [0.1, 0.15) is 25.0 Å². The largest absolute Gasteiger partial charge is 0.497 e. The third kappa shape index (κ3) is 4.27. The summed E-state index contributed by atoms with van der Waals surface area (Å²) in [5, 5.41) is 0. The van der Waals surface area contributed by atoms with Crippen molar-refractivity contribution in [3.63, 3.8) is 0 Å². The Balaban J connectivity index is 1.50. The van der Waals surface area contributed by atoms with E-state index in [2.05, 4.69) is 21.8 Å². The first-order valence-corrected chi connectivity index (χ1v) is 11.3. The van der Waals surface area contributed by atoms with Crippen molar-refractivity contribution in [3.05, 3.63) is 60.3 Å². The van der Waals surface area contributed by atoms with E-state index in [9.17, 15) is 4.79 Å². The number of hydrogen-bond acceptors (Lipinski definition) is 7. The van der Waals surface area contributed by atoms with Crippen molar-refractivity contribution in [1.82, 2.24) is 24.3 Å². The van der Waals surface area contributed by atoms with Crippen LogP contribution in [0.15, 0.2) is 48.8 Å². The van der Waals surface area contributed by atoms with Gasteiger partial charge in [0.25, 0.3) is 5.91 Å². The number of likely N-dealkylation sites (tertiary alicyclic amines) is 1. The summed E-state index contributed by atoms with van der Waals surface area (Å²) in [6, 6.07) is 9.57. The van der Waals surface area contributed by atoms with Gasteiger partial charge in [-0.3, -0.25) is 9.20 Å². The SMILES string of the molecule is CC#CC(=O)N1CCC(c2nc(-c3ccc(Oc4cc(OC)ccn4)cc3F)n3c(N)nccc23)C1. The fourth-order valence-corrected chi connectivity index (χ4v) is 4.35. The van der Waals surface area contributed by atoms with Gasteiger partial charge in [0.15, 0.2) is 5.82 Å². The molecule has 182 valence electrons. The van der Waals surface area contributed by atoms with E-state index in [0.717, 1.165) is 11.2 Å². The first-order valence-electron chi connectivity index (χ1n) is 11.3. The summed E-state index contributed by atoms with van der Waals surface area (Å²) in [6.45, 7) is 2.69. The van der Waals surface area contributed by atoms with Crippen LogP contribution in [0.25, 0.3) is 16.9 Å². The quantitative estimate of drug-likeness (QED) is 0.429. The van der Waals surface area contributed by atoms with Gasteiger partial charge in [0.2, 0.25) is 11.8 Å². The van der Waals surface area contributed by atoms with Crippen LogP contribution in [0.2, 0.25) is 0 Å². The Morgan fingerprint density at radius 2 is 2.00 bits per heavy atom. The molecule has 4 heterocycles. The molecule has 0 aliphatic carbocycles. The molecule has 1 unspecified atom stereocenters. The molecule has 0 spiro atoms. The standard InChI is InChI=1S/C26H23FN6O3/c1-3-4-23(34)32-12-9-16(15-32)24-21-8-11-30-26(28)33(21)25(31-24)19-6-5-18(13-20(19)27)36-22-14-17(35-2)7-10-29-22/h5-8,10-11,13-14,16H,9,12,15H2,1-2H3,(H2,28,30). The van der Waals surface area contributed by atoms with Gasteiger partial charge in [-0.2, -0.15) is 0 Å². The predicted molar refractivity (Wildman–Crippen MR) is 131 cm³/mol. The minimum Gasteiger partial charge on any atom is -0.497 e. The Morgan fingerprint density at radius 3 is 2.78 bits per heavy atom. The van der Waals surface area contributed by atoms with Crippen molar-refractivity contribution in [2.75, 3.05) is 25.9 Å². The number of carbonyl (C=O) groups excluding carboxylic acids is 1. The van der Waals surface area contributed by atoms with Crippen LogP contribution in [0, 0.1) is 17.7 Å². The van der Waals surface area contributed by atoms with Gasteiger partial charge in [0.05, 0.1) is 23.9 Å². The molecule has 1 aromatic carbocycles. The van der Waals surface area contributed by atoms with E-state index < -0.39 is 5.82 Å². The maximum absolute atomic E-state index is 15.4. The molecule has 1 saturated heterocycles. The lowest BCUT2D eigenvalue weighted by Gasteiger charge is -2.12. The summed E-state index contributed by atoms with van der Waals surface area (Å²) in [5.41, 5.74) is 7.89. The Kier molecular flexibility index (Phi) is 6.12. The zero-order chi connectivity index (χ0) is 25.2. The van der Waals surface area contributed by atoms with Crippen molar-refractivity contribution < 1.29 is 18.7 Å². The smallest absolute Gasteiger partial charge is 0.298 e. The number of aromatic nitrogens is 4. The zero-order valence-corrected chi connectivity index (χ0v) is 19.7. The van der Waals surface area contributed by atoms with E-state index in [0.29, 0.717) is 31.1 Å². The fraction of sp³-hybridized carbons (Fsp3) is 0.231. The highest BCUT2D eigenvalue weighted by Crippen LogP contribution is 2.35. The van der Waals surface area contributed by atoms with Crippen molar-refractivity contribution in [3.8, 4) is 40.6 Å². The molecular formula is C26H23FN6O3. The van der Waals surface area contributed by atoms with Crippen LogP contribution >= 0.6 is 0 Å². The van der Waals surface area contributed by atoms with E-state index in [1.54, 1.807) is 58.9 Å². The number of nitrogen functional groups attached to an aromatic ring is 1. The molecular weight excluding hydrogens is 463 g/mol. The first kappa shape index (κ1) is 23.1. The molecule has 36 heavy (non-hydrogen) atoms. The number of carbonyl (C=O) groups is 1. The monoisotopic (exact) mass is 486 g/mol. The molecule has 0 bridgehead atoms. The maximum atomic E-state index is 15.4. The number of fused-ring (bicyclic) bond motifs is 1. The number of ether oxygens (including phenoxy) is 2. The normalized spacial score (nSPS) is 15.0. The van der Waals surface area contributed by atoms with Crippen LogP contribution in [-0.4, -0.2) is 50.4 Å². The molecule has 0 radical (unpaired) electrons.